The third kappa shape index (κ3) is 6.58. The highest BCUT2D eigenvalue weighted by molar-refractivity contribution is 5.78. The summed E-state index contributed by atoms with van der Waals surface area (Å²) >= 11 is 0. The van der Waals surface area contributed by atoms with Crippen molar-refractivity contribution in [2.75, 3.05) is 26.3 Å². The van der Waals surface area contributed by atoms with Crippen LogP contribution in [0.25, 0.3) is 0 Å². The van der Waals surface area contributed by atoms with Crippen LogP contribution in [0.2, 0.25) is 0 Å². The zero-order valence-electron chi connectivity index (χ0n) is 15.8. The van der Waals surface area contributed by atoms with Crippen LogP contribution in [0.3, 0.4) is 0 Å². The number of piperidine rings is 1. The van der Waals surface area contributed by atoms with Crippen molar-refractivity contribution in [3.05, 3.63) is 24.3 Å². The molecule has 0 unspecified atom stereocenters. The highest BCUT2D eigenvalue weighted by atomic mass is 16.5. The van der Waals surface area contributed by atoms with Gasteiger partial charge in [0.2, 0.25) is 5.91 Å². The number of rotatable bonds is 9. The molecule has 0 spiro atoms. The van der Waals surface area contributed by atoms with Crippen molar-refractivity contribution in [1.82, 2.24) is 10.2 Å². The van der Waals surface area contributed by atoms with Crippen molar-refractivity contribution in [3.8, 4) is 11.5 Å². The van der Waals surface area contributed by atoms with E-state index in [9.17, 15) is 9.59 Å². The van der Waals surface area contributed by atoms with Gasteiger partial charge in [0.05, 0.1) is 6.61 Å². The number of amides is 2. The van der Waals surface area contributed by atoms with Crippen LogP contribution < -0.4 is 14.8 Å². The van der Waals surface area contributed by atoms with Gasteiger partial charge in [-0.15, -0.1) is 0 Å². The Hall–Kier alpha value is -2.24. The SMILES string of the molecule is CCCCC(=O)NC1CCN(C(=O)COc2ccc(OCC)cc2)CC1. The largest absolute Gasteiger partial charge is 0.494 e. The number of unbranched alkanes of at least 4 members (excludes halogenated alkanes) is 1. The molecular weight excluding hydrogens is 332 g/mol. The first kappa shape index (κ1) is 20.1. The van der Waals surface area contributed by atoms with Crippen LogP contribution in [-0.2, 0) is 9.59 Å². The molecule has 1 heterocycles. The number of likely N-dealkylation sites (tertiary alicyclic amines) is 1. The summed E-state index contributed by atoms with van der Waals surface area (Å²) in [6.45, 7) is 5.97. The molecule has 1 N–H and O–H groups in total. The molecule has 0 saturated carbocycles. The predicted octanol–water partition coefficient (Wildman–Crippen LogP) is 2.76. The fourth-order valence-corrected chi connectivity index (χ4v) is 2.95. The monoisotopic (exact) mass is 362 g/mol. The second kappa shape index (κ2) is 10.7. The number of benzene rings is 1. The van der Waals surface area contributed by atoms with Crippen LogP contribution in [0.1, 0.15) is 46.0 Å². The zero-order valence-corrected chi connectivity index (χ0v) is 15.8. The van der Waals surface area contributed by atoms with Crippen molar-refractivity contribution in [2.24, 2.45) is 0 Å². The Balaban J connectivity index is 1.68. The minimum atomic E-state index is -0.0188. The molecule has 1 aliphatic heterocycles. The summed E-state index contributed by atoms with van der Waals surface area (Å²) in [6, 6.07) is 7.44. The van der Waals surface area contributed by atoms with Gasteiger partial charge in [0.15, 0.2) is 6.61 Å². The van der Waals surface area contributed by atoms with Crippen LogP contribution in [0.4, 0.5) is 0 Å². The van der Waals surface area contributed by atoms with Gasteiger partial charge in [-0.3, -0.25) is 9.59 Å². The van der Waals surface area contributed by atoms with E-state index >= 15 is 0 Å². The molecule has 6 heteroatoms. The van der Waals surface area contributed by atoms with Gasteiger partial charge in [0.25, 0.3) is 5.91 Å². The maximum Gasteiger partial charge on any atom is 0.260 e. The van der Waals surface area contributed by atoms with Gasteiger partial charge in [-0.25, -0.2) is 0 Å². The molecule has 1 aliphatic rings. The molecule has 144 valence electrons. The Morgan fingerprint density at radius 2 is 1.69 bits per heavy atom. The normalized spacial score (nSPS) is 14.8. The number of carbonyl (C=O) groups is 2. The summed E-state index contributed by atoms with van der Waals surface area (Å²) < 4.78 is 11.0. The number of nitrogens with one attached hydrogen (secondary N) is 1. The van der Waals surface area contributed by atoms with E-state index in [0.717, 1.165) is 31.4 Å². The highest BCUT2D eigenvalue weighted by Gasteiger charge is 2.23. The van der Waals surface area contributed by atoms with E-state index < -0.39 is 0 Å². The van der Waals surface area contributed by atoms with Crippen molar-refractivity contribution in [1.29, 1.82) is 0 Å². The van der Waals surface area contributed by atoms with Crippen molar-refractivity contribution in [2.45, 2.75) is 52.0 Å². The second-order valence-electron chi connectivity index (χ2n) is 6.52. The number of hydrogen-bond acceptors (Lipinski definition) is 4. The highest BCUT2D eigenvalue weighted by Crippen LogP contribution is 2.18. The molecule has 0 radical (unpaired) electrons. The van der Waals surface area contributed by atoms with Gasteiger partial charge in [-0.2, -0.15) is 0 Å². The number of hydrogen-bond donors (Lipinski definition) is 1. The third-order valence-electron chi connectivity index (χ3n) is 4.47. The molecule has 0 atom stereocenters. The first-order chi connectivity index (χ1) is 12.6. The molecule has 1 aromatic rings. The molecule has 6 nitrogen and oxygen atoms in total. The van der Waals surface area contributed by atoms with Crippen molar-refractivity contribution >= 4 is 11.8 Å². The van der Waals surface area contributed by atoms with Gasteiger partial charge in [0, 0.05) is 25.6 Å². The lowest BCUT2D eigenvalue weighted by atomic mass is 10.0. The standard InChI is InChI=1S/C20H30N2O4/c1-3-5-6-19(23)21-16-11-13-22(14-12-16)20(24)15-26-18-9-7-17(8-10-18)25-4-2/h7-10,16H,3-6,11-15H2,1-2H3,(H,21,23). The zero-order chi connectivity index (χ0) is 18.8. The summed E-state index contributed by atoms with van der Waals surface area (Å²) in [5, 5.41) is 3.07. The summed E-state index contributed by atoms with van der Waals surface area (Å²) in [4.78, 5) is 25.9. The van der Waals surface area contributed by atoms with Gasteiger partial charge in [-0.05, 0) is 50.5 Å². The third-order valence-corrected chi connectivity index (χ3v) is 4.47. The smallest absolute Gasteiger partial charge is 0.260 e. The second-order valence-corrected chi connectivity index (χ2v) is 6.52. The molecule has 26 heavy (non-hydrogen) atoms. The van der Waals surface area contributed by atoms with E-state index in [1.165, 1.54) is 0 Å². The summed E-state index contributed by atoms with van der Waals surface area (Å²) in [5.41, 5.74) is 0. The minimum absolute atomic E-state index is 0.0188. The van der Waals surface area contributed by atoms with Crippen LogP contribution in [0.15, 0.2) is 24.3 Å². The Morgan fingerprint density at radius 1 is 1.08 bits per heavy atom. The maximum atomic E-state index is 12.3. The molecule has 1 aromatic carbocycles. The van der Waals surface area contributed by atoms with Gasteiger partial charge in [-0.1, -0.05) is 13.3 Å². The quantitative estimate of drug-likeness (QED) is 0.733. The predicted molar refractivity (Wildman–Crippen MR) is 100 cm³/mol. The lowest BCUT2D eigenvalue weighted by molar-refractivity contribution is -0.134. The van der Waals surface area contributed by atoms with Crippen LogP contribution in [0, 0.1) is 0 Å². The van der Waals surface area contributed by atoms with Crippen molar-refractivity contribution in [3.63, 3.8) is 0 Å². The Bertz CT molecular complexity index is 566. The fraction of sp³-hybridized carbons (Fsp3) is 0.600. The first-order valence-corrected chi connectivity index (χ1v) is 9.55. The van der Waals surface area contributed by atoms with Crippen molar-refractivity contribution < 1.29 is 19.1 Å². The average Bonchev–Trinajstić information content (AvgIpc) is 2.66. The molecular formula is C20H30N2O4. The molecule has 0 aliphatic carbocycles. The lowest BCUT2D eigenvalue weighted by Gasteiger charge is -2.32. The molecule has 2 rings (SSSR count). The molecule has 0 aromatic heterocycles. The topological polar surface area (TPSA) is 67.9 Å². The number of ether oxygens (including phenoxy) is 2. The van der Waals surface area contributed by atoms with E-state index in [2.05, 4.69) is 12.2 Å². The lowest BCUT2D eigenvalue weighted by Crippen LogP contribution is -2.47. The summed E-state index contributed by atoms with van der Waals surface area (Å²) in [5.74, 6) is 1.54. The maximum absolute atomic E-state index is 12.3. The average molecular weight is 362 g/mol. The summed E-state index contributed by atoms with van der Waals surface area (Å²) in [7, 11) is 0. The van der Waals surface area contributed by atoms with Gasteiger partial charge >= 0.3 is 0 Å². The van der Waals surface area contributed by atoms with Crippen LogP contribution >= 0.6 is 0 Å². The Kier molecular flexibility index (Phi) is 8.25. The van der Waals surface area contributed by atoms with E-state index in [4.69, 9.17) is 9.47 Å². The van der Waals surface area contributed by atoms with E-state index in [1.807, 2.05) is 24.0 Å². The Labute approximate surface area is 155 Å². The number of carbonyl (C=O) groups excluding carboxylic acids is 2. The molecule has 0 bridgehead atoms. The van der Waals surface area contributed by atoms with E-state index in [-0.39, 0.29) is 24.5 Å². The first-order valence-electron chi connectivity index (χ1n) is 9.55. The molecule has 1 fully saturated rings. The molecule has 1 saturated heterocycles. The minimum Gasteiger partial charge on any atom is -0.494 e. The fourth-order valence-electron chi connectivity index (χ4n) is 2.95. The van der Waals surface area contributed by atoms with Crippen LogP contribution in [-0.4, -0.2) is 49.1 Å². The Morgan fingerprint density at radius 3 is 2.27 bits per heavy atom. The van der Waals surface area contributed by atoms with E-state index in [0.29, 0.717) is 31.9 Å². The summed E-state index contributed by atoms with van der Waals surface area (Å²) in [6.07, 6.45) is 4.13. The molecule has 2 amide bonds. The number of nitrogens with zero attached hydrogens (tertiary/aromatic N) is 1. The van der Waals surface area contributed by atoms with Gasteiger partial charge in [0.1, 0.15) is 11.5 Å². The van der Waals surface area contributed by atoms with E-state index in [1.54, 1.807) is 12.1 Å². The van der Waals surface area contributed by atoms with Gasteiger partial charge < -0.3 is 19.7 Å². The van der Waals surface area contributed by atoms with Crippen LogP contribution in [0.5, 0.6) is 11.5 Å².